The molecule has 168 valence electrons. The third kappa shape index (κ3) is 4.00. The van der Waals surface area contributed by atoms with Crippen LogP contribution in [0.5, 0.6) is 0 Å². The summed E-state index contributed by atoms with van der Waals surface area (Å²) in [6.07, 6.45) is 10.5. The zero-order valence-corrected chi connectivity index (χ0v) is 20.7. The Morgan fingerprint density at radius 2 is 1.50 bits per heavy atom. The molecule has 1 heterocycles. The first-order valence-corrected chi connectivity index (χ1v) is 12.8. The lowest BCUT2D eigenvalue weighted by Crippen LogP contribution is -2.35. The van der Waals surface area contributed by atoms with Crippen molar-refractivity contribution in [3.05, 3.63) is 64.8 Å². The molecule has 2 saturated carbocycles. The quantitative estimate of drug-likeness (QED) is 0.370. The normalized spacial score (nSPS) is 20.1. The number of benzene rings is 2. The largest absolute Gasteiger partial charge is 0.220 e. The van der Waals surface area contributed by atoms with E-state index in [0.717, 1.165) is 11.1 Å². The first-order valence-electron chi connectivity index (χ1n) is 13.3. The van der Waals surface area contributed by atoms with Crippen molar-refractivity contribution in [2.45, 2.75) is 90.9 Å². The van der Waals surface area contributed by atoms with Crippen molar-refractivity contribution in [2.24, 2.45) is 12.5 Å². The van der Waals surface area contributed by atoms with Crippen LogP contribution >= 0.6 is 0 Å². The van der Waals surface area contributed by atoms with Crippen LogP contribution in [0, 0.1) is 19.3 Å². The van der Waals surface area contributed by atoms with Crippen LogP contribution in [-0.2, 0) is 7.05 Å². The van der Waals surface area contributed by atoms with E-state index in [4.69, 9.17) is 1.37 Å². The lowest BCUT2D eigenvalue weighted by molar-refractivity contribution is -0.665. The molecule has 5 rings (SSSR count). The second-order valence-electron chi connectivity index (χ2n) is 11.4. The van der Waals surface area contributed by atoms with Crippen molar-refractivity contribution in [3.63, 3.8) is 0 Å². The SMILES string of the molecule is [2H]c1c(C)[n+](C)c(-c2cc(C3CCCC3)ccc2C)c2ccc(C3CCC(C)(C)CC3)cc12. The summed E-state index contributed by atoms with van der Waals surface area (Å²) in [5, 5.41) is 2.34. The van der Waals surface area contributed by atoms with E-state index in [1.54, 1.807) is 0 Å². The summed E-state index contributed by atoms with van der Waals surface area (Å²) in [6.45, 7) is 9.16. The Hall–Kier alpha value is -2.15. The fourth-order valence-electron chi connectivity index (χ4n) is 6.22. The third-order valence-corrected chi connectivity index (χ3v) is 8.61. The maximum Gasteiger partial charge on any atom is 0.220 e. The average Bonchev–Trinajstić information content (AvgIpc) is 3.34. The average molecular weight is 428 g/mol. The third-order valence-electron chi connectivity index (χ3n) is 8.61. The van der Waals surface area contributed by atoms with Crippen molar-refractivity contribution in [3.8, 4) is 11.3 Å². The molecule has 0 aliphatic heterocycles. The summed E-state index contributed by atoms with van der Waals surface area (Å²) >= 11 is 0. The number of fused-ring (bicyclic) bond motifs is 1. The smallest absolute Gasteiger partial charge is 0.198 e. The molecule has 0 unspecified atom stereocenters. The molecule has 0 saturated heterocycles. The fourth-order valence-corrected chi connectivity index (χ4v) is 6.22. The Bertz CT molecular complexity index is 1190. The summed E-state index contributed by atoms with van der Waals surface area (Å²) < 4.78 is 11.2. The van der Waals surface area contributed by atoms with Gasteiger partial charge in [-0.05, 0) is 96.9 Å². The van der Waals surface area contributed by atoms with Gasteiger partial charge in [0.25, 0.3) is 0 Å². The van der Waals surface area contributed by atoms with E-state index in [0.29, 0.717) is 23.3 Å². The van der Waals surface area contributed by atoms with Gasteiger partial charge in [-0.15, -0.1) is 0 Å². The molecule has 0 N–H and O–H groups in total. The van der Waals surface area contributed by atoms with Crippen molar-refractivity contribution < 1.29 is 5.94 Å². The molecule has 2 aromatic carbocycles. The first kappa shape index (κ1) is 20.5. The van der Waals surface area contributed by atoms with E-state index in [9.17, 15) is 0 Å². The molecular formula is C31H40N+. The highest BCUT2D eigenvalue weighted by Gasteiger charge is 2.28. The van der Waals surface area contributed by atoms with Crippen LogP contribution in [0.2, 0.25) is 0 Å². The van der Waals surface area contributed by atoms with Gasteiger partial charge in [0, 0.05) is 18.5 Å². The van der Waals surface area contributed by atoms with E-state index in [-0.39, 0.29) is 0 Å². The Kier molecular flexibility index (Phi) is 5.32. The lowest BCUT2D eigenvalue weighted by atomic mass is 9.71. The summed E-state index contributed by atoms with van der Waals surface area (Å²) in [4.78, 5) is 0. The van der Waals surface area contributed by atoms with Gasteiger partial charge in [0.15, 0.2) is 5.69 Å². The van der Waals surface area contributed by atoms with E-state index in [2.05, 4.69) is 75.7 Å². The van der Waals surface area contributed by atoms with E-state index in [1.807, 2.05) is 0 Å². The molecule has 2 fully saturated rings. The Balaban J connectivity index is 1.64. The van der Waals surface area contributed by atoms with Crippen LogP contribution in [0.4, 0.5) is 0 Å². The molecule has 1 heteroatoms. The fraction of sp³-hybridized carbons (Fsp3) is 0.516. The van der Waals surface area contributed by atoms with Crippen molar-refractivity contribution in [2.75, 3.05) is 0 Å². The minimum absolute atomic E-state index is 0.479. The number of pyridine rings is 1. The predicted octanol–water partition coefficient (Wildman–Crippen LogP) is 8.29. The maximum absolute atomic E-state index is 8.97. The zero-order valence-electron chi connectivity index (χ0n) is 21.7. The summed E-state index contributed by atoms with van der Waals surface area (Å²) in [5.41, 5.74) is 8.38. The monoisotopic (exact) mass is 427 g/mol. The molecule has 1 nitrogen and oxygen atoms in total. The highest BCUT2D eigenvalue weighted by atomic mass is 14.9. The topological polar surface area (TPSA) is 3.88 Å². The van der Waals surface area contributed by atoms with Gasteiger partial charge in [0.2, 0.25) is 5.69 Å². The highest BCUT2D eigenvalue weighted by Crippen LogP contribution is 2.43. The zero-order chi connectivity index (χ0) is 23.3. The van der Waals surface area contributed by atoms with Gasteiger partial charge >= 0.3 is 0 Å². The van der Waals surface area contributed by atoms with Crippen LogP contribution in [0.1, 0.15) is 101 Å². The Labute approximate surface area is 196 Å². The molecule has 32 heavy (non-hydrogen) atoms. The van der Waals surface area contributed by atoms with Gasteiger partial charge in [-0.1, -0.05) is 51.0 Å². The van der Waals surface area contributed by atoms with Crippen LogP contribution in [-0.4, -0.2) is 0 Å². The molecule has 0 amide bonds. The van der Waals surface area contributed by atoms with Crippen molar-refractivity contribution in [1.82, 2.24) is 0 Å². The number of rotatable bonds is 3. The summed E-state index contributed by atoms with van der Waals surface area (Å²) in [5.74, 6) is 1.34. The Morgan fingerprint density at radius 3 is 2.22 bits per heavy atom. The van der Waals surface area contributed by atoms with Gasteiger partial charge in [0.1, 0.15) is 7.05 Å². The van der Waals surface area contributed by atoms with Gasteiger partial charge < -0.3 is 0 Å². The molecule has 0 spiro atoms. The van der Waals surface area contributed by atoms with Crippen LogP contribution in [0.3, 0.4) is 0 Å². The van der Waals surface area contributed by atoms with Gasteiger partial charge in [0.05, 0.1) is 6.76 Å². The number of hydrogen-bond acceptors (Lipinski definition) is 0. The number of aromatic nitrogens is 1. The van der Waals surface area contributed by atoms with Crippen LogP contribution in [0.25, 0.3) is 22.0 Å². The second-order valence-corrected chi connectivity index (χ2v) is 11.4. The summed E-state index contributed by atoms with van der Waals surface area (Å²) in [7, 11) is 2.14. The molecular weight excluding hydrogens is 386 g/mol. The van der Waals surface area contributed by atoms with E-state index in [1.165, 1.54) is 84.7 Å². The highest BCUT2D eigenvalue weighted by molar-refractivity contribution is 5.94. The first-order chi connectivity index (χ1) is 15.7. The maximum atomic E-state index is 8.97. The van der Waals surface area contributed by atoms with Crippen LogP contribution < -0.4 is 4.57 Å². The van der Waals surface area contributed by atoms with Gasteiger partial charge in [-0.3, -0.25) is 0 Å². The van der Waals surface area contributed by atoms with Gasteiger partial charge in [-0.2, -0.15) is 4.57 Å². The molecule has 2 aliphatic carbocycles. The van der Waals surface area contributed by atoms with Crippen LogP contribution in [0.15, 0.2) is 42.4 Å². The molecule has 3 aromatic rings. The minimum atomic E-state index is 0.479. The van der Waals surface area contributed by atoms with E-state index >= 15 is 0 Å². The van der Waals surface area contributed by atoms with E-state index < -0.39 is 0 Å². The predicted molar refractivity (Wildman–Crippen MR) is 136 cm³/mol. The van der Waals surface area contributed by atoms with Crippen molar-refractivity contribution >= 4 is 10.8 Å². The Morgan fingerprint density at radius 1 is 0.875 bits per heavy atom. The number of aryl methyl sites for hydroxylation is 1. The van der Waals surface area contributed by atoms with Crippen molar-refractivity contribution in [1.29, 1.82) is 0 Å². The summed E-state index contributed by atoms with van der Waals surface area (Å²) in [6, 6.07) is 14.8. The molecule has 1 aromatic heterocycles. The van der Waals surface area contributed by atoms with Gasteiger partial charge in [-0.25, -0.2) is 0 Å². The second kappa shape index (κ2) is 8.32. The number of nitrogens with zero attached hydrogens (tertiary/aromatic N) is 1. The molecule has 2 aliphatic rings. The lowest BCUT2D eigenvalue weighted by Gasteiger charge is -2.34. The standard InChI is InChI=1S/C31H40N/c1-21-10-11-26(23-8-6-7-9-23)20-29(21)30-28-13-12-25(19-27(28)18-22(2)32(30)5)24-14-16-31(3,4)17-15-24/h10-13,18-20,23-24H,6-9,14-17H2,1-5H3/q+1/i18D. The minimum Gasteiger partial charge on any atom is -0.198 e. The molecule has 0 bridgehead atoms. The molecule has 0 atom stereocenters. The number of hydrogen-bond donors (Lipinski definition) is 0. The molecule has 0 radical (unpaired) electrons.